The maximum absolute atomic E-state index is 9.98. The molecule has 0 amide bonds. The summed E-state index contributed by atoms with van der Waals surface area (Å²) in [6.07, 6.45) is 0.847. The molecular formula is C8H10BNO. The van der Waals surface area contributed by atoms with Crippen molar-refractivity contribution in [1.82, 2.24) is 0 Å². The van der Waals surface area contributed by atoms with Crippen LogP contribution in [0.2, 0.25) is 0 Å². The van der Waals surface area contributed by atoms with Crippen LogP contribution in [0, 0.1) is 6.92 Å². The van der Waals surface area contributed by atoms with Gasteiger partial charge in [-0.2, -0.15) is 0 Å². The summed E-state index contributed by atoms with van der Waals surface area (Å²) in [6.45, 7) is 2.03. The number of hydrogen-bond donors (Lipinski definition) is 1. The van der Waals surface area contributed by atoms with Crippen LogP contribution in [-0.2, 0) is 4.79 Å². The van der Waals surface area contributed by atoms with E-state index in [0.29, 0.717) is 7.41 Å². The fraction of sp³-hybridized carbons (Fsp3) is 0.125. The molecule has 11 heavy (non-hydrogen) atoms. The van der Waals surface area contributed by atoms with Gasteiger partial charge in [0.1, 0.15) is 6.19 Å². The Bertz CT molecular complexity index is 232. The second-order valence-corrected chi connectivity index (χ2v) is 2.41. The maximum atomic E-state index is 9.98. The first-order chi connectivity index (χ1) is 5.33. The van der Waals surface area contributed by atoms with Gasteiger partial charge in [-0.1, -0.05) is 17.7 Å². The van der Waals surface area contributed by atoms with Crippen LogP contribution in [0.25, 0.3) is 0 Å². The van der Waals surface area contributed by atoms with E-state index < -0.39 is 0 Å². The van der Waals surface area contributed by atoms with Gasteiger partial charge in [0.05, 0.1) is 0 Å². The van der Waals surface area contributed by atoms with Crippen LogP contribution in [0.1, 0.15) is 5.56 Å². The van der Waals surface area contributed by atoms with Crippen molar-refractivity contribution >= 4 is 19.3 Å². The van der Waals surface area contributed by atoms with Gasteiger partial charge in [-0.15, -0.1) is 0 Å². The van der Waals surface area contributed by atoms with E-state index in [9.17, 15) is 4.79 Å². The number of benzene rings is 1. The average molecular weight is 147 g/mol. The molecule has 56 valence electrons. The first kappa shape index (κ1) is 7.86. The predicted octanol–water partition coefficient (Wildman–Crippen LogP) is 0.949. The number of hydrogen-bond acceptors (Lipinski definition) is 2. The minimum atomic E-state index is 0.378. The zero-order chi connectivity index (χ0) is 8.10. The molecule has 1 rings (SSSR count). The van der Waals surface area contributed by atoms with E-state index in [0.717, 1.165) is 11.9 Å². The summed E-state index contributed by atoms with van der Waals surface area (Å²) in [5.41, 5.74) is 2.21. The van der Waals surface area contributed by atoms with Crippen molar-refractivity contribution in [2.24, 2.45) is 0 Å². The van der Waals surface area contributed by atoms with Gasteiger partial charge >= 0.3 is 7.41 Å². The molecule has 0 unspecified atom stereocenters. The molecule has 1 aromatic carbocycles. The quantitative estimate of drug-likeness (QED) is 0.509. The van der Waals surface area contributed by atoms with E-state index in [1.54, 1.807) is 0 Å². The summed E-state index contributed by atoms with van der Waals surface area (Å²) in [6, 6.07) is 7.93. The maximum Gasteiger partial charge on any atom is 0.308 e. The topological polar surface area (TPSA) is 29.1 Å². The molecule has 0 aromatic heterocycles. The largest absolute Gasteiger partial charge is 0.425 e. The highest BCUT2D eigenvalue weighted by atomic mass is 16.1. The monoisotopic (exact) mass is 147 g/mol. The standard InChI is InChI=1S/C8H10BNO/c1-7-2-4-8(5-3-7)10-9-6-11/h2-6,9-10H,1H3. The minimum absolute atomic E-state index is 0.378. The van der Waals surface area contributed by atoms with Crippen molar-refractivity contribution in [3.05, 3.63) is 29.8 Å². The first-order valence-electron chi connectivity index (χ1n) is 3.57. The minimum Gasteiger partial charge on any atom is -0.425 e. The van der Waals surface area contributed by atoms with Crippen LogP contribution in [0.15, 0.2) is 24.3 Å². The third-order valence-corrected chi connectivity index (χ3v) is 1.44. The van der Waals surface area contributed by atoms with Crippen LogP contribution >= 0.6 is 0 Å². The molecule has 0 heterocycles. The van der Waals surface area contributed by atoms with Gasteiger partial charge in [0.15, 0.2) is 0 Å². The number of nitrogens with one attached hydrogen (secondary N) is 1. The first-order valence-corrected chi connectivity index (χ1v) is 3.57. The van der Waals surface area contributed by atoms with Crippen LogP contribution in [0.3, 0.4) is 0 Å². The second-order valence-electron chi connectivity index (χ2n) is 2.41. The molecule has 2 nitrogen and oxygen atoms in total. The fourth-order valence-electron chi connectivity index (χ4n) is 0.831. The van der Waals surface area contributed by atoms with Crippen molar-refractivity contribution in [1.29, 1.82) is 0 Å². The predicted molar refractivity (Wildman–Crippen MR) is 48.7 cm³/mol. The molecule has 3 heteroatoms. The van der Waals surface area contributed by atoms with E-state index in [1.807, 2.05) is 31.2 Å². The van der Waals surface area contributed by atoms with Crippen molar-refractivity contribution < 1.29 is 4.79 Å². The molecule has 0 radical (unpaired) electrons. The van der Waals surface area contributed by atoms with E-state index >= 15 is 0 Å². The van der Waals surface area contributed by atoms with Crippen LogP contribution in [-0.4, -0.2) is 13.6 Å². The van der Waals surface area contributed by atoms with Crippen molar-refractivity contribution in [2.45, 2.75) is 6.92 Å². The highest BCUT2D eigenvalue weighted by Gasteiger charge is 1.89. The Labute approximate surface area is 66.9 Å². The summed E-state index contributed by atoms with van der Waals surface area (Å²) in [7, 11) is 0.378. The van der Waals surface area contributed by atoms with Gasteiger partial charge in [-0.3, -0.25) is 0 Å². The summed E-state index contributed by atoms with van der Waals surface area (Å²) in [5, 5.41) is 2.95. The highest BCUT2D eigenvalue weighted by Crippen LogP contribution is 2.06. The van der Waals surface area contributed by atoms with E-state index in [-0.39, 0.29) is 0 Å². The van der Waals surface area contributed by atoms with Crippen molar-refractivity contribution in [3.8, 4) is 0 Å². The molecule has 0 fully saturated rings. The SMILES string of the molecule is Cc1ccc(NBC=O)cc1. The number of anilines is 1. The Hall–Kier alpha value is -1.25. The van der Waals surface area contributed by atoms with Crippen molar-refractivity contribution in [2.75, 3.05) is 5.23 Å². The van der Waals surface area contributed by atoms with Gasteiger partial charge in [0.2, 0.25) is 0 Å². The molecule has 1 aromatic rings. The van der Waals surface area contributed by atoms with Gasteiger partial charge in [-0.25, -0.2) is 0 Å². The summed E-state index contributed by atoms with van der Waals surface area (Å²) in [5.74, 6) is 0. The summed E-state index contributed by atoms with van der Waals surface area (Å²) >= 11 is 0. The molecule has 0 aliphatic heterocycles. The lowest BCUT2D eigenvalue weighted by atomic mass is 9.98. The average Bonchev–Trinajstić information content (AvgIpc) is 2.04. The zero-order valence-electron chi connectivity index (χ0n) is 6.50. The molecule has 0 saturated carbocycles. The van der Waals surface area contributed by atoms with Gasteiger partial charge in [-0.05, 0) is 19.1 Å². The molecule has 0 aliphatic rings. The number of aryl methyl sites for hydroxylation is 1. The smallest absolute Gasteiger partial charge is 0.308 e. The second kappa shape index (κ2) is 3.81. The lowest BCUT2D eigenvalue weighted by molar-refractivity contribution is 0.568. The normalized spacial score (nSPS) is 8.82. The van der Waals surface area contributed by atoms with Gasteiger partial charge in [0, 0.05) is 5.69 Å². The van der Waals surface area contributed by atoms with Crippen LogP contribution in [0.5, 0.6) is 0 Å². The Kier molecular flexibility index (Phi) is 2.72. The van der Waals surface area contributed by atoms with Crippen molar-refractivity contribution in [3.63, 3.8) is 0 Å². The number of rotatable bonds is 3. The molecule has 0 aliphatic carbocycles. The fourth-order valence-corrected chi connectivity index (χ4v) is 0.831. The highest BCUT2D eigenvalue weighted by molar-refractivity contribution is 6.69. The summed E-state index contributed by atoms with van der Waals surface area (Å²) < 4.78 is 0. The molecule has 1 N–H and O–H groups in total. The Morgan fingerprint density at radius 2 is 2.00 bits per heavy atom. The van der Waals surface area contributed by atoms with Crippen LogP contribution in [0.4, 0.5) is 5.69 Å². The lowest BCUT2D eigenvalue weighted by Gasteiger charge is -2.00. The molecule has 0 bridgehead atoms. The van der Waals surface area contributed by atoms with E-state index in [2.05, 4.69) is 5.23 Å². The third kappa shape index (κ3) is 2.46. The van der Waals surface area contributed by atoms with E-state index in [1.165, 1.54) is 5.56 Å². The van der Waals surface area contributed by atoms with Gasteiger partial charge < -0.3 is 10.0 Å². The summed E-state index contributed by atoms with van der Waals surface area (Å²) in [4.78, 5) is 9.98. The number of carbonyl (C=O) groups is 1. The number of carbonyl (C=O) groups excluding carboxylic acids is 1. The Morgan fingerprint density at radius 1 is 1.36 bits per heavy atom. The zero-order valence-corrected chi connectivity index (χ0v) is 6.50. The third-order valence-electron chi connectivity index (χ3n) is 1.44. The van der Waals surface area contributed by atoms with E-state index in [4.69, 9.17) is 0 Å². The molecule has 0 atom stereocenters. The molecule has 0 spiro atoms. The lowest BCUT2D eigenvalue weighted by Crippen LogP contribution is -2.06. The van der Waals surface area contributed by atoms with Crippen LogP contribution < -0.4 is 5.23 Å². The Morgan fingerprint density at radius 3 is 2.55 bits per heavy atom. The van der Waals surface area contributed by atoms with Gasteiger partial charge in [0.25, 0.3) is 0 Å². The Balaban J connectivity index is 2.58. The molecular weight excluding hydrogens is 137 g/mol. The molecule has 0 saturated heterocycles.